The Balaban J connectivity index is 1.96. The van der Waals surface area contributed by atoms with Crippen LogP contribution in [0.15, 0.2) is 6.07 Å². The summed E-state index contributed by atoms with van der Waals surface area (Å²) in [6.07, 6.45) is 4.37. The van der Waals surface area contributed by atoms with Crippen LogP contribution in [-0.4, -0.2) is 46.4 Å². The Kier molecular flexibility index (Phi) is 6.00. The Hall–Kier alpha value is -1.36. The molecule has 0 spiro atoms. The van der Waals surface area contributed by atoms with Crippen LogP contribution in [0.25, 0.3) is 0 Å². The zero-order valence-corrected chi connectivity index (χ0v) is 14.3. The number of likely N-dealkylation sites (tertiary alicyclic amines) is 1. The first-order chi connectivity index (χ1) is 10.5. The molecule has 5 nitrogen and oxygen atoms in total. The number of aryl methyl sites for hydroxylation is 2. The molecule has 124 valence electrons. The summed E-state index contributed by atoms with van der Waals surface area (Å²) >= 11 is 0. The molecular formula is C17H29N3O2. The summed E-state index contributed by atoms with van der Waals surface area (Å²) < 4.78 is 7.69. The zero-order chi connectivity index (χ0) is 16.1. The zero-order valence-electron chi connectivity index (χ0n) is 14.3. The maximum Gasteiger partial charge on any atom is 0.247 e. The number of rotatable bonds is 5. The third kappa shape index (κ3) is 4.09. The first-order valence-corrected chi connectivity index (χ1v) is 8.46. The molecule has 0 saturated carbocycles. The normalized spacial score (nSPS) is 20.7. The van der Waals surface area contributed by atoms with E-state index in [4.69, 9.17) is 4.74 Å². The fraction of sp³-hybridized carbons (Fsp3) is 0.765. The second-order valence-corrected chi connectivity index (χ2v) is 6.30. The van der Waals surface area contributed by atoms with Gasteiger partial charge in [-0.05, 0) is 52.5 Å². The summed E-state index contributed by atoms with van der Waals surface area (Å²) in [6, 6.07) is 1.78. The fourth-order valence-corrected chi connectivity index (χ4v) is 3.14. The molecule has 2 atom stereocenters. The summed E-state index contributed by atoms with van der Waals surface area (Å²) in [5.74, 6) is 0.169. The minimum Gasteiger partial charge on any atom is -0.378 e. The predicted molar refractivity (Wildman–Crippen MR) is 86.9 cm³/mol. The molecule has 1 aliphatic rings. The van der Waals surface area contributed by atoms with Gasteiger partial charge in [-0.2, -0.15) is 5.10 Å². The number of ether oxygens (including phenoxy) is 1. The van der Waals surface area contributed by atoms with Crippen LogP contribution >= 0.6 is 0 Å². The minimum absolute atomic E-state index is 0.169. The second kappa shape index (κ2) is 7.77. The van der Waals surface area contributed by atoms with Gasteiger partial charge in [-0.25, -0.2) is 0 Å². The number of amides is 1. The van der Waals surface area contributed by atoms with Crippen molar-refractivity contribution in [1.29, 1.82) is 0 Å². The van der Waals surface area contributed by atoms with Crippen molar-refractivity contribution in [1.82, 2.24) is 14.7 Å². The average molecular weight is 307 g/mol. The number of carbonyl (C=O) groups excluding carboxylic acids is 1. The molecule has 1 aliphatic heterocycles. The molecule has 1 amide bonds. The lowest BCUT2D eigenvalue weighted by Gasteiger charge is -2.25. The topological polar surface area (TPSA) is 47.4 Å². The molecule has 0 N–H and O–H groups in total. The van der Waals surface area contributed by atoms with Crippen LogP contribution in [0.1, 0.15) is 57.0 Å². The SMILES string of the molecule is CCCO[C@H]1CCCN(C(=O)[C@H](C)n2nc(C)cc2C)CC1. The molecule has 2 rings (SSSR count). The Morgan fingerprint density at radius 3 is 2.82 bits per heavy atom. The lowest BCUT2D eigenvalue weighted by atomic mass is 10.1. The number of hydrogen-bond acceptors (Lipinski definition) is 3. The first-order valence-electron chi connectivity index (χ1n) is 8.46. The van der Waals surface area contributed by atoms with Crippen LogP contribution in [0.3, 0.4) is 0 Å². The molecule has 0 bridgehead atoms. The van der Waals surface area contributed by atoms with Gasteiger partial charge in [0.05, 0.1) is 11.8 Å². The molecule has 1 aromatic heterocycles. The second-order valence-electron chi connectivity index (χ2n) is 6.30. The van der Waals surface area contributed by atoms with Crippen LogP contribution in [0.2, 0.25) is 0 Å². The van der Waals surface area contributed by atoms with Crippen molar-refractivity contribution in [3.8, 4) is 0 Å². The highest BCUT2D eigenvalue weighted by Gasteiger charge is 2.26. The van der Waals surface area contributed by atoms with E-state index in [-0.39, 0.29) is 11.9 Å². The molecule has 0 unspecified atom stereocenters. The van der Waals surface area contributed by atoms with Gasteiger partial charge in [-0.3, -0.25) is 9.48 Å². The molecule has 5 heteroatoms. The van der Waals surface area contributed by atoms with E-state index >= 15 is 0 Å². The third-order valence-corrected chi connectivity index (χ3v) is 4.31. The van der Waals surface area contributed by atoms with Crippen molar-refractivity contribution in [2.24, 2.45) is 0 Å². The first kappa shape index (κ1) is 17.0. The Bertz CT molecular complexity index is 498. The standard InChI is InChI=1S/C17H29N3O2/c1-5-11-22-16-7-6-9-19(10-8-16)17(21)15(4)20-14(3)12-13(2)18-20/h12,15-16H,5-11H2,1-4H3/t15-,16-/m0/s1. The molecular weight excluding hydrogens is 278 g/mol. The van der Waals surface area contributed by atoms with E-state index in [1.807, 2.05) is 36.4 Å². The van der Waals surface area contributed by atoms with Gasteiger partial charge >= 0.3 is 0 Å². The van der Waals surface area contributed by atoms with Crippen LogP contribution < -0.4 is 0 Å². The van der Waals surface area contributed by atoms with E-state index in [0.717, 1.165) is 56.8 Å². The van der Waals surface area contributed by atoms with Crippen LogP contribution in [0.4, 0.5) is 0 Å². The van der Waals surface area contributed by atoms with Gasteiger partial charge in [0.1, 0.15) is 6.04 Å². The maximum absolute atomic E-state index is 12.8. The lowest BCUT2D eigenvalue weighted by molar-refractivity contribution is -0.134. The summed E-state index contributed by atoms with van der Waals surface area (Å²) in [7, 11) is 0. The summed E-state index contributed by atoms with van der Waals surface area (Å²) in [4.78, 5) is 14.7. The van der Waals surface area contributed by atoms with Gasteiger partial charge < -0.3 is 9.64 Å². The highest BCUT2D eigenvalue weighted by atomic mass is 16.5. The lowest BCUT2D eigenvalue weighted by Crippen LogP contribution is -2.37. The monoisotopic (exact) mass is 307 g/mol. The van der Waals surface area contributed by atoms with Gasteiger partial charge in [0.25, 0.3) is 0 Å². The van der Waals surface area contributed by atoms with Crippen LogP contribution in [0, 0.1) is 13.8 Å². The van der Waals surface area contributed by atoms with Crippen LogP contribution in [0.5, 0.6) is 0 Å². The average Bonchev–Trinajstić information content (AvgIpc) is 2.71. The highest BCUT2D eigenvalue weighted by Crippen LogP contribution is 2.19. The van der Waals surface area contributed by atoms with Gasteiger partial charge in [-0.1, -0.05) is 6.92 Å². The largest absolute Gasteiger partial charge is 0.378 e. The Labute approximate surface area is 133 Å². The molecule has 0 aromatic carbocycles. The third-order valence-electron chi connectivity index (χ3n) is 4.31. The minimum atomic E-state index is -0.234. The van der Waals surface area contributed by atoms with Crippen molar-refractivity contribution in [2.45, 2.75) is 65.5 Å². The van der Waals surface area contributed by atoms with Crippen molar-refractivity contribution in [2.75, 3.05) is 19.7 Å². The van der Waals surface area contributed by atoms with Crippen molar-refractivity contribution >= 4 is 5.91 Å². The summed E-state index contributed by atoms with van der Waals surface area (Å²) in [5, 5.41) is 4.45. The smallest absolute Gasteiger partial charge is 0.247 e. The quantitative estimate of drug-likeness (QED) is 0.840. The van der Waals surface area contributed by atoms with Gasteiger partial charge in [0.2, 0.25) is 5.91 Å². The van der Waals surface area contributed by atoms with Crippen molar-refractivity contribution in [3.63, 3.8) is 0 Å². The molecule has 1 aromatic rings. The maximum atomic E-state index is 12.8. The van der Waals surface area contributed by atoms with Crippen molar-refractivity contribution < 1.29 is 9.53 Å². The summed E-state index contributed by atoms with van der Waals surface area (Å²) in [5.41, 5.74) is 2.00. The van der Waals surface area contributed by atoms with E-state index < -0.39 is 0 Å². The van der Waals surface area contributed by atoms with E-state index in [2.05, 4.69) is 12.0 Å². The number of hydrogen-bond donors (Lipinski definition) is 0. The van der Waals surface area contributed by atoms with Gasteiger partial charge in [-0.15, -0.1) is 0 Å². The van der Waals surface area contributed by atoms with E-state index in [0.29, 0.717) is 6.10 Å². The molecule has 2 heterocycles. The Morgan fingerprint density at radius 2 is 2.18 bits per heavy atom. The Morgan fingerprint density at radius 1 is 1.41 bits per heavy atom. The highest BCUT2D eigenvalue weighted by molar-refractivity contribution is 5.80. The van der Waals surface area contributed by atoms with Gasteiger partial charge in [0, 0.05) is 25.4 Å². The molecule has 1 saturated heterocycles. The molecule has 0 aliphatic carbocycles. The molecule has 22 heavy (non-hydrogen) atoms. The van der Waals surface area contributed by atoms with Crippen LogP contribution in [-0.2, 0) is 9.53 Å². The van der Waals surface area contributed by atoms with E-state index in [9.17, 15) is 4.79 Å². The van der Waals surface area contributed by atoms with E-state index in [1.165, 1.54) is 0 Å². The van der Waals surface area contributed by atoms with E-state index in [1.54, 1.807) is 0 Å². The van der Waals surface area contributed by atoms with Crippen molar-refractivity contribution in [3.05, 3.63) is 17.5 Å². The molecule has 0 radical (unpaired) electrons. The molecule has 1 fully saturated rings. The number of nitrogens with zero attached hydrogens (tertiary/aromatic N) is 3. The van der Waals surface area contributed by atoms with Gasteiger partial charge in [0.15, 0.2) is 0 Å². The fourth-order valence-electron chi connectivity index (χ4n) is 3.14. The predicted octanol–water partition coefficient (Wildman–Crippen LogP) is 2.87. The number of aromatic nitrogens is 2. The summed E-state index contributed by atoms with van der Waals surface area (Å²) in [6.45, 7) is 10.5. The number of carbonyl (C=O) groups is 1.